The zero-order valence-electron chi connectivity index (χ0n) is 23.0. The van der Waals surface area contributed by atoms with E-state index >= 15 is 4.39 Å². The number of aliphatic hydroxyl groups is 1. The van der Waals surface area contributed by atoms with E-state index in [2.05, 4.69) is 22.0 Å². The number of nitrogens with zero attached hydrogens (tertiary/aromatic N) is 2. The number of carbonyl (C=O) groups excluding carboxylic acids is 1. The number of aromatic nitrogens is 2. The smallest absolute Gasteiger partial charge is 0.394 e. The molecule has 1 aromatic heterocycles. The van der Waals surface area contributed by atoms with E-state index in [9.17, 15) is 31.9 Å². The molecule has 8 nitrogen and oxygen atoms in total. The zero-order valence-corrected chi connectivity index (χ0v) is 23.8. The molecule has 41 heavy (non-hydrogen) atoms. The van der Waals surface area contributed by atoms with Gasteiger partial charge in [0, 0.05) is 13.0 Å². The summed E-state index contributed by atoms with van der Waals surface area (Å²) >= 11 is -0.750. The van der Waals surface area contributed by atoms with Crippen LogP contribution in [0.15, 0.2) is 18.2 Å². The Kier molecular flexibility index (Phi) is 11.5. The molecular formula is C26H33F6N3O5S. The average Bonchev–Trinajstić information content (AvgIpc) is 3.20. The number of imidazole rings is 1. The Bertz CT molecular complexity index is 1240. The summed E-state index contributed by atoms with van der Waals surface area (Å²) < 4.78 is 104. The maximum atomic E-state index is 15.6. The van der Waals surface area contributed by atoms with Gasteiger partial charge in [0.05, 0.1) is 16.7 Å². The second-order valence-corrected chi connectivity index (χ2v) is 10.9. The van der Waals surface area contributed by atoms with Gasteiger partial charge in [-0.2, -0.15) is 34.8 Å². The van der Waals surface area contributed by atoms with Crippen molar-refractivity contribution in [3.05, 3.63) is 41.2 Å². The molecule has 1 saturated carbocycles. The molecule has 0 aliphatic heterocycles. The van der Waals surface area contributed by atoms with E-state index in [-0.39, 0.29) is 30.0 Å². The van der Waals surface area contributed by atoms with Gasteiger partial charge >= 0.3 is 24.4 Å². The van der Waals surface area contributed by atoms with Gasteiger partial charge in [-0.25, -0.2) is 4.98 Å². The minimum Gasteiger partial charge on any atom is -0.433 e. The standard InChI is InChI=1S/C26H33F6N3O3.O2S/c1-5-19-34-20(22(36)33-14-25(37)10-8-15(2)9-11-25)21(27)35(19)17-7-6-16(12-18(17)38-23(28)29)13-24(3,4)26(30,31)32;1-3-2/h6-7,12,15,23,37H,5,8-11,13-14H2,1-4H3,(H,33,36);. The molecule has 0 bridgehead atoms. The summed E-state index contributed by atoms with van der Waals surface area (Å²) in [6, 6.07) is 3.43. The van der Waals surface area contributed by atoms with Crippen LogP contribution >= 0.6 is 0 Å². The first-order valence-electron chi connectivity index (χ1n) is 12.8. The van der Waals surface area contributed by atoms with Gasteiger partial charge in [0.25, 0.3) is 5.91 Å². The van der Waals surface area contributed by atoms with Crippen molar-refractivity contribution < 1.29 is 49.4 Å². The van der Waals surface area contributed by atoms with E-state index < -0.39 is 65.1 Å². The summed E-state index contributed by atoms with van der Waals surface area (Å²) in [5.74, 6) is -2.12. The van der Waals surface area contributed by atoms with E-state index in [0.717, 1.165) is 43.4 Å². The fourth-order valence-corrected chi connectivity index (χ4v) is 4.53. The molecule has 0 spiro atoms. The molecule has 1 aliphatic rings. The van der Waals surface area contributed by atoms with E-state index in [0.29, 0.717) is 18.8 Å². The summed E-state index contributed by atoms with van der Waals surface area (Å²) in [4.78, 5) is 16.8. The topological polar surface area (TPSA) is 111 Å². The summed E-state index contributed by atoms with van der Waals surface area (Å²) in [5.41, 5.74) is -4.05. The van der Waals surface area contributed by atoms with Crippen LogP contribution in [0.1, 0.15) is 75.3 Å². The lowest BCUT2D eigenvalue weighted by molar-refractivity contribution is -0.211. The average molecular weight is 614 g/mol. The van der Waals surface area contributed by atoms with Crippen LogP contribution in [0.3, 0.4) is 0 Å². The van der Waals surface area contributed by atoms with Crippen LogP contribution < -0.4 is 10.1 Å². The predicted molar refractivity (Wildman–Crippen MR) is 137 cm³/mol. The maximum absolute atomic E-state index is 15.6. The molecule has 2 aromatic rings. The van der Waals surface area contributed by atoms with E-state index in [1.54, 1.807) is 6.92 Å². The van der Waals surface area contributed by atoms with Gasteiger partial charge in [0.15, 0.2) is 11.4 Å². The molecule has 1 heterocycles. The number of carbonyl (C=O) groups is 1. The number of alkyl halides is 5. The molecule has 0 saturated heterocycles. The molecular weight excluding hydrogens is 580 g/mol. The fraction of sp³-hybridized carbons (Fsp3) is 0.615. The van der Waals surface area contributed by atoms with Crippen molar-refractivity contribution in [1.82, 2.24) is 14.9 Å². The van der Waals surface area contributed by atoms with Crippen LogP contribution in [-0.2, 0) is 24.4 Å². The largest absolute Gasteiger partial charge is 0.433 e. The first kappa shape index (κ1) is 34.3. The predicted octanol–water partition coefficient (Wildman–Crippen LogP) is 5.31. The zero-order chi connectivity index (χ0) is 31.2. The highest BCUT2D eigenvalue weighted by atomic mass is 32.1. The Morgan fingerprint density at radius 2 is 1.83 bits per heavy atom. The minimum absolute atomic E-state index is 0.0142. The third kappa shape index (κ3) is 8.77. The molecule has 1 amide bonds. The highest BCUT2D eigenvalue weighted by Gasteiger charge is 2.47. The normalized spacial score (nSPS) is 19.4. The number of hydrogen-bond donors (Lipinski definition) is 2. The first-order chi connectivity index (χ1) is 19.0. The number of nitrogens with one attached hydrogen (secondary N) is 1. The highest BCUT2D eigenvalue weighted by molar-refractivity contribution is 7.51. The molecule has 3 rings (SSSR count). The van der Waals surface area contributed by atoms with Crippen LogP contribution in [0.25, 0.3) is 5.69 Å². The summed E-state index contributed by atoms with van der Waals surface area (Å²) in [6.45, 7) is 2.21. The van der Waals surface area contributed by atoms with Gasteiger partial charge < -0.3 is 15.2 Å². The Balaban J connectivity index is 0.00000187. The Hall–Kier alpha value is -2.94. The molecule has 230 valence electrons. The molecule has 1 fully saturated rings. The molecule has 0 atom stereocenters. The van der Waals surface area contributed by atoms with Crippen molar-refractivity contribution in [2.24, 2.45) is 11.3 Å². The Morgan fingerprint density at radius 1 is 1.24 bits per heavy atom. The van der Waals surface area contributed by atoms with Gasteiger partial charge in [-0.15, -0.1) is 0 Å². The van der Waals surface area contributed by atoms with Gasteiger partial charge in [0.1, 0.15) is 5.82 Å². The van der Waals surface area contributed by atoms with Crippen molar-refractivity contribution in [3.8, 4) is 11.4 Å². The summed E-state index contributed by atoms with van der Waals surface area (Å²) in [5, 5.41) is 13.2. The third-order valence-corrected chi connectivity index (χ3v) is 7.10. The molecule has 1 aromatic carbocycles. The lowest BCUT2D eigenvalue weighted by Crippen LogP contribution is -2.45. The Labute approximate surface area is 237 Å². The van der Waals surface area contributed by atoms with Crippen molar-refractivity contribution in [1.29, 1.82) is 0 Å². The second kappa shape index (κ2) is 13.8. The summed E-state index contributed by atoms with van der Waals surface area (Å²) in [6.07, 6.45) is -2.43. The third-order valence-electron chi connectivity index (χ3n) is 7.10. The number of benzene rings is 1. The van der Waals surface area contributed by atoms with Crippen molar-refractivity contribution in [2.75, 3.05) is 6.54 Å². The summed E-state index contributed by atoms with van der Waals surface area (Å²) in [7, 11) is 0. The van der Waals surface area contributed by atoms with Crippen molar-refractivity contribution in [2.45, 2.75) is 84.6 Å². The molecule has 0 unspecified atom stereocenters. The second-order valence-electron chi connectivity index (χ2n) is 10.8. The van der Waals surface area contributed by atoms with Crippen molar-refractivity contribution in [3.63, 3.8) is 0 Å². The highest BCUT2D eigenvalue weighted by Crippen LogP contribution is 2.41. The fourth-order valence-electron chi connectivity index (χ4n) is 4.53. The number of ether oxygens (including phenoxy) is 1. The van der Waals surface area contributed by atoms with Crippen LogP contribution in [0.4, 0.5) is 26.3 Å². The number of amides is 1. The molecule has 1 aliphatic carbocycles. The van der Waals surface area contributed by atoms with Crippen LogP contribution in [-0.4, -0.2) is 53.9 Å². The molecule has 0 radical (unpaired) electrons. The maximum Gasteiger partial charge on any atom is 0.394 e. The monoisotopic (exact) mass is 613 g/mol. The van der Waals surface area contributed by atoms with Gasteiger partial charge in [-0.05, 0) is 55.7 Å². The van der Waals surface area contributed by atoms with Crippen molar-refractivity contribution >= 4 is 17.5 Å². The first-order valence-corrected chi connectivity index (χ1v) is 13.5. The lowest BCUT2D eigenvalue weighted by atomic mass is 9.79. The number of aryl methyl sites for hydroxylation is 1. The van der Waals surface area contributed by atoms with Gasteiger partial charge in [-0.3, -0.25) is 9.36 Å². The lowest BCUT2D eigenvalue weighted by Gasteiger charge is -2.34. The number of rotatable bonds is 9. The van der Waals surface area contributed by atoms with Crippen LogP contribution in [0.2, 0.25) is 0 Å². The minimum atomic E-state index is -4.55. The Morgan fingerprint density at radius 3 is 2.34 bits per heavy atom. The SMILES string of the molecule is CCc1nc(C(=O)NCC2(O)CCC(C)CC2)c(F)n1-c1ccc(CC(C)(C)C(F)(F)F)cc1OC(F)F.O=S=O. The van der Waals surface area contributed by atoms with Gasteiger partial charge in [-0.1, -0.05) is 33.8 Å². The van der Waals surface area contributed by atoms with Crippen LogP contribution in [0.5, 0.6) is 5.75 Å². The number of hydrogen-bond acceptors (Lipinski definition) is 6. The van der Waals surface area contributed by atoms with Crippen LogP contribution in [0, 0.1) is 17.3 Å². The quantitative estimate of drug-likeness (QED) is 0.371. The van der Waals surface area contributed by atoms with E-state index in [1.165, 1.54) is 6.07 Å². The molecule has 2 N–H and O–H groups in total. The molecule has 15 heteroatoms. The number of halogens is 6. The van der Waals surface area contributed by atoms with Gasteiger partial charge in [0.2, 0.25) is 5.95 Å². The van der Waals surface area contributed by atoms with E-state index in [4.69, 9.17) is 8.42 Å². The van der Waals surface area contributed by atoms with E-state index in [1.807, 2.05) is 0 Å².